The highest BCUT2D eigenvalue weighted by molar-refractivity contribution is 6.07. The number of primary amides is 2. The summed E-state index contributed by atoms with van der Waals surface area (Å²) in [6, 6.07) is 12.9. The minimum absolute atomic E-state index is 0.0180. The van der Waals surface area contributed by atoms with Crippen LogP contribution in [0.2, 0.25) is 0 Å². The molecule has 1 aliphatic heterocycles. The molecule has 11 heteroatoms. The van der Waals surface area contributed by atoms with Gasteiger partial charge in [-0.2, -0.15) is 0 Å². The lowest BCUT2D eigenvalue weighted by Crippen LogP contribution is -2.55. The highest BCUT2D eigenvalue weighted by atomic mass is 16.5. The first kappa shape index (κ1) is 25.2. The van der Waals surface area contributed by atoms with Gasteiger partial charge in [0.25, 0.3) is 0 Å². The Labute approximate surface area is 201 Å². The third-order valence-corrected chi connectivity index (χ3v) is 5.48. The van der Waals surface area contributed by atoms with E-state index in [2.05, 4.69) is 0 Å². The number of carbonyl (C=O) groups is 5. The predicted molar refractivity (Wildman–Crippen MR) is 124 cm³/mol. The number of rotatable bonds is 10. The number of imide groups is 1. The summed E-state index contributed by atoms with van der Waals surface area (Å²) >= 11 is 0. The van der Waals surface area contributed by atoms with Gasteiger partial charge < -0.3 is 20.9 Å². The minimum atomic E-state index is -1.12. The van der Waals surface area contributed by atoms with Crippen LogP contribution in [0.1, 0.15) is 28.8 Å². The Kier molecular flexibility index (Phi) is 8.03. The molecular formula is C24H26N4O7. The number of hydrogen-bond donors (Lipinski definition) is 2. The van der Waals surface area contributed by atoms with E-state index in [-0.39, 0.29) is 36.6 Å². The molecule has 0 radical (unpaired) electrons. The fourth-order valence-corrected chi connectivity index (χ4v) is 3.65. The Morgan fingerprint density at radius 2 is 1.77 bits per heavy atom. The summed E-state index contributed by atoms with van der Waals surface area (Å²) in [4.78, 5) is 63.5. The number of ether oxygens (including phenoxy) is 2. The number of nitrogens with zero attached hydrogens (tertiary/aromatic N) is 2. The molecule has 4 N–H and O–H groups in total. The SMILES string of the molecule is COc1ccc(C(=O)OCc2ccccc2)cc1N1CCC(=O)N(CC(CC(N)=O)C(N)=O)C1=O. The second-order valence-corrected chi connectivity index (χ2v) is 7.91. The predicted octanol–water partition coefficient (Wildman–Crippen LogP) is 1.19. The Hall–Kier alpha value is -4.41. The number of carbonyl (C=O) groups excluding carboxylic acids is 5. The minimum Gasteiger partial charge on any atom is -0.495 e. The van der Waals surface area contributed by atoms with E-state index in [0.29, 0.717) is 0 Å². The fraction of sp³-hybridized carbons (Fsp3) is 0.292. The summed E-state index contributed by atoms with van der Waals surface area (Å²) in [5.74, 6) is -3.62. The van der Waals surface area contributed by atoms with Gasteiger partial charge in [-0.1, -0.05) is 30.3 Å². The van der Waals surface area contributed by atoms with Gasteiger partial charge in [0.1, 0.15) is 12.4 Å². The van der Waals surface area contributed by atoms with E-state index >= 15 is 0 Å². The summed E-state index contributed by atoms with van der Waals surface area (Å²) in [6.07, 6.45) is -0.460. The largest absolute Gasteiger partial charge is 0.495 e. The van der Waals surface area contributed by atoms with Gasteiger partial charge in [-0.3, -0.25) is 24.2 Å². The zero-order valence-electron chi connectivity index (χ0n) is 19.1. The molecule has 1 atom stereocenters. The Bertz CT molecular complexity index is 1140. The molecule has 2 aromatic rings. The normalized spacial score (nSPS) is 14.4. The Morgan fingerprint density at radius 1 is 1.06 bits per heavy atom. The van der Waals surface area contributed by atoms with Crippen LogP contribution in [0, 0.1) is 5.92 Å². The van der Waals surface area contributed by atoms with E-state index < -0.39 is 48.6 Å². The van der Waals surface area contributed by atoms with Crippen molar-refractivity contribution >= 4 is 35.4 Å². The third kappa shape index (κ3) is 6.14. The third-order valence-electron chi connectivity index (χ3n) is 5.48. The number of urea groups is 1. The average Bonchev–Trinajstić information content (AvgIpc) is 2.84. The lowest BCUT2D eigenvalue weighted by atomic mass is 10.0. The molecule has 1 aliphatic rings. The quantitative estimate of drug-likeness (QED) is 0.480. The molecule has 0 aliphatic carbocycles. The molecule has 1 saturated heterocycles. The summed E-state index contributed by atoms with van der Waals surface area (Å²) in [7, 11) is 1.40. The molecule has 3 rings (SSSR count). The molecule has 35 heavy (non-hydrogen) atoms. The number of benzene rings is 2. The number of anilines is 1. The van der Waals surface area contributed by atoms with E-state index in [1.54, 1.807) is 0 Å². The van der Waals surface area contributed by atoms with E-state index in [0.717, 1.165) is 10.5 Å². The highest BCUT2D eigenvalue weighted by Gasteiger charge is 2.37. The van der Waals surface area contributed by atoms with Gasteiger partial charge in [0, 0.05) is 25.9 Å². The van der Waals surface area contributed by atoms with Crippen LogP contribution in [-0.2, 0) is 25.7 Å². The van der Waals surface area contributed by atoms with Crippen LogP contribution in [0.15, 0.2) is 48.5 Å². The van der Waals surface area contributed by atoms with Crippen molar-refractivity contribution in [2.75, 3.05) is 25.1 Å². The molecule has 5 amide bonds. The molecule has 0 aromatic heterocycles. The second kappa shape index (κ2) is 11.1. The fourth-order valence-electron chi connectivity index (χ4n) is 3.65. The Morgan fingerprint density at radius 3 is 2.40 bits per heavy atom. The van der Waals surface area contributed by atoms with Gasteiger partial charge >= 0.3 is 12.0 Å². The van der Waals surface area contributed by atoms with Gasteiger partial charge in [0.05, 0.1) is 24.3 Å². The van der Waals surface area contributed by atoms with Crippen molar-refractivity contribution in [3.05, 3.63) is 59.7 Å². The molecule has 1 fully saturated rings. The molecule has 2 aromatic carbocycles. The zero-order valence-corrected chi connectivity index (χ0v) is 19.1. The molecule has 0 saturated carbocycles. The van der Waals surface area contributed by atoms with Crippen molar-refractivity contribution in [1.29, 1.82) is 0 Å². The van der Waals surface area contributed by atoms with Gasteiger partial charge in [0.15, 0.2) is 0 Å². The number of hydrogen-bond acceptors (Lipinski definition) is 7. The number of nitrogens with two attached hydrogens (primary N) is 2. The maximum atomic E-state index is 13.2. The van der Waals surface area contributed by atoms with Gasteiger partial charge in [-0.15, -0.1) is 0 Å². The molecule has 0 bridgehead atoms. The average molecular weight is 482 g/mol. The Balaban J connectivity index is 1.83. The van der Waals surface area contributed by atoms with Crippen LogP contribution in [0.25, 0.3) is 0 Å². The monoisotopic (exact) mass is 482 g/mol. The zero-order chi connectivity index (χ0) is 25.5. The summed E-state index contributed by atoms with van der Waals surface area (Å²) < 4.78 is 10.7. The summed E-state index contributed by atoms with van der Waals surface area (Å²) in [5, 5.41) is 0. The molecule has 11 nitrogen and oxygen atoms in total. The first-order valence-electron chi connectivity index (χ1n) is 10.8. The van der Waals surface area contributed by atoms with E-state index in [1.165, 1.54) is 30.2 Å². The molecular weight excluding hydrogens is 456 g/mol. The van der Waals surface area contributed by atoms with Crippen LogP contribution in [-0.4, -0.2) is 54.8 Å². The van der Waals surface area contributed by atoms with Crippen molar-refractivity contribution in [1.82, 2.24) is 4.90 Å². The van der Waals surface area contributed by atoms with Crippen LogP contribution < -0.4 is 21.1 Å². The highest BCUT2D eigenvalue weighted by Crippen LogP contribution is 2.32. The molecule has 1 heterocycles. The molecule has 0 spiro atoms. The lowest BCUT2D eigenvalue weighted by molar-refractivity contribution is -0.132. The van der Waals surface area contributed by atoms with Gasteiger partial charge in [-0.25, -0.2) is 9.59 Å². The van der Waals surface area contributed by atoms with Crippen LogP contribution in [0.4, 0.5) is 10.5 Å². The van der Waals surface area contributed by atoms with Gasteiger partial charge in [0.2, 0.25) is 17.7 Å². The van der Waals surface area contributed by atoms with Crippen LogP contribution in [0.3, 0.4) is 0 Å². The standard InChI is InChI=1S/C24H26N4O7/c1-34-19-8-7-16(23(32)35-14-15-5-3-2-4-6-15)11-18(19)27-10-9-21(30)28(24(27)33)13-17(22(26)31)12-20(25)29/h2-8,11,17H,9-10,12-14H2,1H3,(H2,25,29)(H2,26,31). The summed E-state index contributed by atoms with van der Waals surface area (Å²) in [5.41, 5.74) is 11.7. The maximum absolute atomic E-state index is 13.2. The van der Waals surface area contributed by atoms with Crippen molar-refractivity contribution in [3.63, 3.8) is 0 Å². The van der Waals surface area contributed by atoms with Crippen molar-refractivity contribution in [2.45, 2.75) is 19.4 Å². The topological polar surface area (TPSA) is 162 Å². The van der Waals surface area contributed by atoms with E-state index in [1.807, 2.05) is 30.3 Å². The lowest BCUT2D eigenvalue weighted by Gasteiger charge is -2.36. The van der Waals surface area contributed by atoms with E-state index in [9.17, 15) is 24.0 Å². The van der Waals surface area contributed by atoms with E-state index in [4.69, 9.17) is 20.9 Å². The number of methoxy groups -OCH3 is 1. The van der Waals surface area contributed by atoms with Gasteiger partial charge in [-0.05, 0) is 23.8 Å². The van der Waals surface area contributed by atoms with Crippen molar-refractivity contribution in [2.24, 2.45) is 17.4 Å². The van der Waals surface area contributed by atoms with Crippen molar-refractivity contribution in [3.8, 4) is 5.75 Å². The first-order chi connectivity index (χ1) is 16.7. The smallest absolute Gasteiger partial charge is 0.338 e. The van der Waals surface area contributed by atoms with Crippen LogP contribution >= 0.6 is 0 Å². The second-order valence-electron chi connectivity index (χ2n) is 7.91. The number of esters is 1. The summed E-state index contributed by atoms with van der Waals surface area (Å²) in [6.45, 7) is -0.308. The van der Waals surface area contributed by atoms with Crippen molar-refractivity contribution < 1.29 is 33.4 Å². The maximum Gasteiger partial charge on any atom is 0.338 e. The molecule has 1 unspecified atom stereocenters. The molecule has 184 valence electrons. The van der Waals surface area contributed by atoms with Crippen LogP contribution in [0.5, 0.6) is 5.75 Å². The first-order valence-corrected chi connectivity index (χ1v) is 10.8. The number of amides is 5.